The van der Waals surface area contributed by atoms with E-state index in [-0.39, 0.29) is 34.3 Å². The van der Waals surface area contributed by atoms with Crippen LogP contribution in [0.4, 0.5) is 0 Å². The normalized spacial score (nSPS) is 21.8. The van der Waals surface area contributed by atoms with E-state index in [9.17, 15) is 18.8 Å². The Kier molecular flexibility index (Phi) is 4.31. The first kappa shape index (κ1) is 16.9. The van der Waals surface area contributed by atoms with E-state index in [0.717, 1.165) is 4.31 Å². The summed E-state index contributed by atoms with van der Waals surface area (Å²) in [5.41, 5.74) is -0.0654. The van der Waals surface area contributed by atoms with Gasteiger partial charge in [-0.3, -0.25) is 0 Å². The molecule has 1 N–H and O–H groups in total. The van der Waals surface area contributed by atoms with Crippen molar-refractivity contribution in [2.45, 2.75) is 30.4 Å². The average Bonchev–Trinajstić information content (AvgIpc) is 3.12. The van der Waals surface area contributed by atoms with Crippen molar-refractivity contribution in [3.05, 3.63) is 40.5 Å². The second kappa shape index (κ2) is 6.14. The molecule has 1 fully saturated rings. The second-order valence-electron chi connectivity index (χ2n) is 5.41. The first-order valence-electron chi connectivity index (χ1n) is 7.02. The van der Waals surface area contributed by atoms with Crippen molar-refractivity contribution < 1.29 is 18.0 Å². The van der Waals surface area contributed by atoms with E-state index in [1.54, 1.807) is 6.92 Å². The highest BCUT2D eigenvalue weighted by Gasteiger charge is 2.44. The van der Waals surface area contributed by atoms with E-state index in [1.165, 1.54) is 18.2 Å². The Morgan fingerprint density at radius 2 is 2.25 bits per heavy atom. The summed E-state index contributed by atoms with van der Waals surface area (Å²) in [7, 11) is -4.05. The van der Waals surface area contributed by atoms with Gasteiger partial charge in [-0.05, 0) is 25.1 Å². The molecule has 2 heterocycles. The highest BCUT2D eigenvalue weighted by Crippen LogP contribution is 2.37. The van der Waals surface area contributed by atoms with Crippen molar-refractivity contribution in [2.24, 2.45) is 0 Å². The molecule has 10 heteroatoms. The SMILES string of the molecule is Cc1noc([C@H]2C[C@H](O)CN2S(=O)(=O)c2ccc(Cl)cc2C#N)n1. The molecule has 0 saturated carbocycles. The van der Waals surface area contributed by atoms with Gasteiger partial charge in [0.15, 0.2) is 5.82 Å². The summed E-state index contributed by atoms with van der Waals surface area (Å²) in [5, 5.41) is 23.1. The lowest BCUT2D eigenvalue weighted by Gasteiger charge is -2.21. The molecule has 0 radical (unpaired) electrons. The Balaban J connectivity index is 2.07. The first-order valence-corrected chi connectivity index (χ1v) is 8.84. The van der Waals surface area contributed by atoms with Gasteiger partial charge < -0.3 is 9.63 Å². The number of aliphatic hydroxyl groups is 1. The maximum atomic E-state index is 13.0. The van der Waals surface area contributed by atoms with Gasteiger partial charge in [0.1, 0.15) is 17.0 Å². The van der Waals surface area contributed by atoms with Gasteiger partial charge in [-0.15, -0.1) is 0 Å². The summed E-state index contributed by atoms with van der Waals surface area (Å²) >= 11 is 5.82. The average molecular weight is 369 g/mol. The Hall–Kier alpha value is -1.99. The molecule has 0 bridgehead atoms. The number of sulfonamides is 1. The number of β-amino-alcohol motifs (C(OH)–C–C–N with tert-alkyl or cyclic N) is 1. The molecule has 1 saturated heterocycles. The van der Waals surface area contributed by atoms with Gasteiger partial charge in [-0.2, -0.15) is 14.6 Å². The van der Waals surface area contributed by atoms with Gasteiger partial charge in [0.05, 0.1) is 11.7 Å². The lowest BCUT2D eigenvalue weighted by atomic mass is 10.2. The fourth-order valence-corrected chi connectivity index (χ4v) is 4.59. The number of aryl methyl sites for hydroxylation is 1. The summed E-state index contributed by atoms with van der Waals surface area (Å²) < 4.78 is 32.1. The number of rotatable bonds is 3. The van der Waals surface area contributed by atoms with Gasteiger partial charge in [0, 0.05) is 18.0 Å². The van der Waals surface area contributed by atoms with E-state index >= 15 is 0 Å². The number of nitriles is 1. The standard InChI is InChI=1S/C14H13ClN4O4S/c1-8-17-14(23-18-8)12-5-11(20)7-19(12)24(21,22)13-3-2-10(15)4-9(13)6-16/h2-4,11-12,20H,5,7H2,1H3/t11-,12+/m0/s1. The molecule has 0 unspecified atom stereocenters. The number of halogens is 1. The van der Waals surface area contributed by atoms with Gasteiger partial charge in [-0.25, -0.2) is 8.42 Å². The summed E-state index contributed by atoms with van der Waals surface area (Å²) in [6, 6.07) is 5.00. The van der Waals surface area contributed by atoms with Crippen LogP contribution < -0.4 is 0 Å². The predicted octanol–water partition coefficient (Wildman–Crippen LogP) is 1.40. The van der Waals surface area contributed by atoms with Crippen LogP contribution >= 0.6 is 11.6 Å². The van der Waals surface area contributed by atoms with Crippen LogP contribution in [-0.4, -0.2) is 40.6 Å². The van der Waals surface area contributed by atoms with E-state index in [0.29, 0.717) is 5.82 Å². The minimum atomic E-state index is -4.05. The minimum absolute atomic E-state index is 0.0654. The molecule has 2 aromatic rings. The third-order valence-electron chi connectivity index (χ3n) is 3.71. The molecule has 2 atom stereocenters. The number of hydrogen-bond donors (Lipinski definition) is 1. The molecule has 0 aliphatic carbocycles. The fourth-order valence-electron chi connectivity index (χ4n) is 2.66. The van der Waals surface area contributed by atoms with E-state index in [2.05, 4.69) is 10.1 Å². The van der Waals surface area contributed by atoms with E-state index < -0.39 is 22.2 Å². The van der Waals surface area contributed by atoms with Gasteiger partial charge in [-0.1, -0.05) is 16.8 Å². The summed E-state index contributed by atoms with van der Waals surface area (Å²) in [5.74, 6) is 0.480. The predicted molar refractivity (Wildman–Crippen MR) is 82.5 cm³/mol. The lowest BCUT2D eigenvalue weighted by Crippen LogP contribution is -2.32. The molecule has 3 rings (SSSR count). The topological polar surface area (TPSA) is 120 Å². The second-order valence-corrected chi connectivity index (χ2v) is 7.71. The number of nitrogens with zero attached hydrogens (tertiary/aromatic N) is 4. The molecular weight excluding hydrogens is 356 g/mol. The van der Waals surface area contributed by atoms with E-state index in [1.807, 2.05) is 6.07 Å². The maximum absolute atomic E-state index is 13.0. The van der Waals surface area contributed by atoms with Crippen LogP contribution in [0, 0.1) is 18.3 Å². The third-order valence-corrected chi connectivity index (χ3v) is 5.88. The Morgan fingerprint density at radius 3 is 2.88 bits per heavy atom. The molecule has 0 spiro atoms. The number of benzene rings is 1. The zero-order valence-corrected chi connectivity index (χ0v) is 14.1. The third kappa shape index (κ3) is 2.89. The summed E-state index contributed by atoms with van der Waals surface area (Å²) in [4.78, 5) is 3.88. The summed E-state index contributed by atoms with van der Waals surface area (Å²) in [6.45, 7) is 1.49. The van der Waals surface area contributed by atoms with Crippen LogP contribution in [-0.2, 0) is 10.0 Å². The van der Waals surface area contributed by atoms with Crippen molar-refractivity contribution >= 4 is 21.6 Å². The van der Waals surface area contributed by atoms with Crippen LogP contribution in [0.2, 0.25) is 5.02 Å². The van der Waals surface area contributed by atoms with Crippen LogP contribution in [0.15, 0.2) is 27.6 Å². The molecule has 0 amide bonds. The van der Waals surface area contributed by atoms with Crippen molar-refractivity contribution in [1.29, 1.82) is 5.26 Å². The Bertz CT molecular complexity index is 921. The van der Waals surface area contributed by atoms with Crippen molar-refractivity contribution in [1.82, 2.24) is 14.4 Å². The van der Waals surface area contributed by atoms with E-state index in [4.69, 9.17) is 16.1 Å². The monoisotopic (exact) mass is 368 g/mol. The van der Waals surface area contributed by atoms with Gasteiger partial charge in [0.25, 0.3) is 0 Å². The highest BCUT2D eigenvalue weighted by molar-refractivity contribution is 7.89. The smallest absolute Gasteiger partial charge is 0.245 e. The zero-order chi connectivity index (χ0) is 17.5. The molecule has 1 aliphatic heterocycles. The lowest BCUT2D eigenvalue weighted by molar-refractivity contribution is 0.188. The first-order chi connectivity index (χ1) is 11.3. The molecule has 1 aromatic heterocycles. The molecule has 126 valence electrons. The Labute approximate surface area is 143 Å². The molecular formula is C14H13ClN4O4S. The number of aliphatic hydroxyl groups excluding tert-OH is 1. The molecule has 8 nitrogen and oxygen atoms in total. The molecule has 24 heavy (non-hydrogen) atoms. The van der Waals surface area contributed by atoms with Crippen LogP contribution in [0.1, 0.15) is 29.7 Å². The van der Waals surface area contributed by atoms with Crippen molar-refractivity contribution in [3.63, 3.8) is 0 Å². The van der Waals surface area contributed by atoms with Crippen molar-refractivity contribution in [2.75, 3.05) is 6.54 Å². The Morgan fingerprint density at radius 1 is 1.50 bits per heavy atom. The highest BCUT2D eigenvalue weighted by atomic mass is 35.5. The molecule has 1 aromatic carbocycles. The van der Waals surface area contributed by atoms with Gasteiger partial charge >= 0.3 is 0 Å². The van der Waals surface area contributed by atoms with Crippen LogP contribution in [0.5, 0.6) is 0 Å². The van der Waals surface area contributed by atoms with Crippen molar-refractivity contribution in [3.8, 4) is 6.07 Å². The van der Waals surface area contributed by atoms with Gasteiger partial charge in [0.2, 0.25) is 15.9 Å². The largest absolute Gasteiger partial charge is 0.392 e. The quantitative estimate of drug-likeness (QED) is 0.869. The molecule has 1 aliphatic rings. The number of aromatic nitrogens is 2. The minimum Gasteiger partial charge on any atom is -0.392 e. The number of hydrogen-bond acceptors (Lipinski definition) is 7. The summed E-state index contributed by atoms with van der Waals surface area (Å²) in [6.07, 6.45) is -0.731. The fraction of sp³-hybridized carbons (Fsp3) is 0.357. The van der Waals surface area contributed by atoms with Crippen LogP contribution in [0.3, 0.4) is 0 Å². The maximum Gasteiger partial charge on any atom is 0.245 e. The van der Waals surface area contributed by atoms with Crippen LogP contribution in [0.25, 0.3) is 0 Å². The zero-order valence-electron chi connectivity index (χ0n) is 12.5.